The van der Waals surface area contributed by atoms with E-state index in [0.717, 1.165) is 11.3 Å². The van der Waals surface area contributed by atoms with Gasteiger partial charge in [-0.05, 0) is 42.2 Å². The summed E-state index contributed by atoms with van der Waals surface area (Å²) in [7, 11) is 0. The van der Waals surface area contributed by atoms with Crippen molar-refractivity contribution in [2.45, 2.75) is 39.7 Å². The van der Waals surface area contributed by atoms with E-state index in [2.05, 4.69) is 25.8 Å². The Bertz CT molecular complexity index is 1010. The average Bonchev–Trinajstić information content (AvgIpc) is 2.59. The van der Waals surface area contributed by atoms with E-state index < -0.39 is 5.97 Å². The molecular weight excluding hydrogens is 328 g/mol. The van der Waals surface area contributed by atoms with Crippen LogP contribution in [0.15, 0.2) is 53.3 Å². The zero-order valence-electron chi connectivity index (χ0n) is 15.4. The van der Waals surface area contributed by atoms with Crippen molar-refractivity contribution in [1.29, 1.82) is 0 Å². The van der Waals surface area contributed by atoms with Crippen LogP contribution >= 0.6 is 0 Å². The minimum Gasteiger partial charge on any atom is -0.456 e. The second kappa shape index (κ2) is 6.75. The highest BCUT2D eigenvalue weighted by atomic mass is 16.5. The number of benzene rings is 1. The maximum atomic E-state index is 12.2. The van der Waals surface area contributed by atoms with Crippen molar-refractivity contribution in [2.75, 3.05) is 0 Å². The fraction of sp³-hybridized carbons (Fsp3) is 0.286. The fourth-order valence-corrected chi connectivity index (χ4v) is 2.77. The van der Waals surface area contributed by atoms with Gasteiger partial charge >= 0.3 is 5.97 Å². The molecule has 1 aromatic carbocycles. The molecule has 26 heavy (non-hydrogen) atoms. The molecule has 0 amide bonds. The highest BCUT2D eigenvalue weighted by Crippen LogP contribution is 2.22. The maximum Gasteiger partial charge on any atom is 0.338 e. The maximum absolute atomic E-state index is 12.2. The van der Waals surface area contributed by atoms with Crippen molar-refractivity contribution >= 4 is 11.6 Å². The standard InChI is InChI=1S/C21H22N2O3/c1-14-6-5-7-18-22-17(12-19(24)23(14)18)13-26-20(25)15-8-10-16(11-9-15)21(2,3)4/h5-12H,13H2,1-4H3. The van der Waals surface area contributed by atoms with Crippen molar-refractivity contribution in [1.82, 2.24) is 9.38 Å². The molecule has 0 bridgehead atoms. The van der Waals surface area contributed by atoms with E-state index in [-0.39, 0.29) is 17.6 Å². The number of rotatable bonds is 3. The molecule has 134 valence electrons. The molecule has 0 atom stereocenters. The lowest BCUT2D eigenvalue weighted by Crippen LogP contribution is -2.18. The fourth-order valence-electron chi connectivity index (χ4n) is 2.77. The molecule has 0 radical (unpaired) electrons. The first-order valence-electron chi connectivity index (χ1n) is 8.52. The second-order valence-corrected chi connectivity index (χ2v) is 7.35. The largest absolute Gasteiger partial charge is 0.456 e. The molecule has 0 aliphatic heterocycles. The molecule has 0 N–H and O–H groups in total. The molecule has 2 aromatic heterocycles. The Kier molecular flexibility index (Phi) is 4.64. The number of ether oxygens (including phenoxy) is 1. The van der Waals surface area contributed by atoms with Gasteiger partial charge in [-0.25, -0.2) is 9.78 Å². The van der Waals surface area contributed by atoms with Crippen LogP contribution in [0, 0.1) is 6.92 Å². The van der Waals surface area contributed by atoms with E-state index in [1.54, 1.807) is 18.2 Å². The Morgan fingerprint density at radius 3 is 2.46 bits per heavy atom. The van der Waals surface area contributed by atoms with Gasteiger partial charge in [0.15, 0.2) is 0 Å². The summed E-state index contributed by atoms with van der Waals surface area (Å²) in [6, 6.07) is 14.2. The Balaban J connectivity index is 1.76. The number of hydrogen-bond acceptors (Lipinski definition) is 4. The van der Waals surface area contributed by atoms with Gasteiger partial charge in [0, 0.05) is 11.8 Å². The van der Waals surface area contributed by atoms with Gasteiger partial charge < -0.3 is 4.74 Å². The third kappa shape index (κ3) is 3.67. The van der Waals surface area contributed by atoms with Crippen LogP contribution in [0.25, 0.3) is 5.65 Å². The summed E-state index contributed by atoms with van der Waals surface area (Å²) in [6.07, 6.45) is 0. The minimum absolute atomic E-state index is 0.0256. The molecule has 0 saturated carbocycles. The molecule has 2 heterocycles. The predicted molar refractivity (Wildman–Crippen MR) is 100 cm³/mol. The number of hydrogen-bond donors (Lipinski definition) is 0. The molecule has 0 spiro atoms. The number of pyridine rings is 1. The van der Waals surface area contributed by atoms with Crippen LogP contribution in [0.2, 0.25) is 0 Å². The average molecular weight is 350 g/mol. The van der Waals surface area contributed by atoms with Crippen LogP contribution in [0.4, 0.5) is 0 Å². The summed E-state index contributed by atoms with van der Waals surface area (Å²) in [5.41, 5.74) is 3.24. The molecule has 5 heteroatoms. The van der Waals surface area contributed by atoms with E-state index in [4.69, 9.17) is 4.74 Å². The molecule has 0 unspecified atom stereocenters. The third-order valence-corrected chi connectivity index (χ3v) is 4.27. The summed E-state index contributed by atoms with van der Waals surface area (Å²) in [5, 5.41) is 0. The summed E-state index contributed by atoms with van der Waals surface area (Å²) < 4.78 is 6.85. The van der Waals surface area contributed by atoms with Crippen molar-refractivity contribution < 1.29 is 9.53 Å². The van der Waals surface area contributed by atoms with Gasteiger partial charge in [0.05, 0.1) is 11.3 Å². The highest BCUT2D eigenvalue weighted by Gasteiger charge is 2.15. The lowest BCUT2D eigenvalue weighted by Gasteiger charge is -2.18. The van der Waals surface area contributed by atoms with Crippen LogP contribution in [0.1, 0.15) is 48.1 Å². The molecule has 0 fully saturated rings. The van der Waals surface area contributed by atoms with E-state index in [1.165, 1.54) is 10.5 Å². The number of carbonyl (C=O) groups excluding carboxylic acids is 1. The SMILES string of the molecule is Cc1cccc2nc(COC(=O)c3ccc(C(C)(C)C)cc3)cc(=O)n12. The third-order valence-electron chi connectivity index (χ3n) is 4.27. The van der Waals surface area contributed by atoms with Crippen molar-refractivity contribution in [2.24, 2.45) is 0 Å². The smallest absolute Gasteiger partial charge is 0.338 e. The zero-order chi connectivity index (χ0) is 18.9. The van der Waals surface area contributed by atoms with E-state index in [9.17, 15) is 9.59 Å². The Morgan fingerprint density at radius 2 is 1.81 bits per heavy atom. The van der Waals surface area contributed by atoms with Crippen LogP contribution < -0.4 is 5.56 Å². The van der Waals surface area contributed by atoms with E-state index in [1.807, 2.05) is 31.2 Å². The number of carbonyl (C=O) groups is 1. The van der Waals surface area contributed by atoms with Gasteiger partial charge in [-0.2, -0.15) is 0 Å². The van der Waals surface area contributed by atoms with Crippen LogP contribution in [-0.4, -0.2) is 15.4 Å². The first kappa shape index (κ1) is 17.9. The number of nitrogens with zero attached hydrogens (tertiary/aromatic N) is 2. The first-order chi connectivity index (χ1) is 12.3. The molecular formula is C21H22N2O3. The monoisotopic (exact) mass is 350 g/mol. The van der Waals surface area contributed by atoms with E-state index in [0.29, 0.717) is 16.9 Å². The van der Waals surface area contributed by atoms with E-state index >= 15 is 0 Å². The predicted octanol–water partition coefficient (Wildman–Crippen LogP) is 3.66. The summed E-state index contributed by atoms with van der Waals surface area (Å²) in [4.78, 5) is 28.9. The highest BCUT2D eigenvalue weighted by molar-refractivity contribution is 5.89. The topological polar surface area (TPSA) is 60.7 Å². The molecule has 3 aromatic rings. The van der Waals surface area contributed by atoms with Gasteiger partial charge in [-0.15, -0.1) is 0 Å². The number of aromatic nitrogens is 2. The quantitative estimate of drug-likeness (QED) is 0.677. The van der Waals surface area contributed by atoms with Crippen molar-refractivity contribution in [3.63, 3.8) is 0 Å². The molecule has 0 aliphatic rings. The van der Waals surface area contributed by atoms with Crippen LogP contribution in [0.5, 0.6) is 0 Å². The van der Waals surface area contributed by atoms with Gasteiger partial charge in [0.1, 0.15) is 12.3 Å². The first-order valence-corrected chi connectivity index (χ1v) is 8.52. The molecule has 3 rings (SSSR count). The Hall–Kier alpha value is -2.95. The van der Waals surface area contributed by atoms with Gasteiger partial charge in [-0.3, -0.25) is 9.20 Å². The molecule has 5 nitrogen and oxygen atoms in total. The molecule has 0 saturated heterocycles. The lowest BCUT2D eigenvalue weighted by molar-refractivity contribution is 0.0467. The van der Waals surface area contributed by atoms with Crippen molar-refractivity contribution in [3.8, 4) is 0 Å². The summed E-state index contributed by atoms with van der Waals surface area (Å²) in [6.45, 7) is 8.15. The Labute approximate surface area is 152 Å². The summed E-state index contributed by atoms with van der Waals surface area (Å²) >= 11 is 0. The van der Waals surface area contributed by atoms with Crippen molar-refractivity contribution in [3.05, 3.63) is 81.4 Å². The normalized spacial score (nSPS) is 11.5. The minimum atomic E-state index is -0.434. The second-order valence-electron chi connectivity index (χ2n) is 7.35. The van der Waals surface area contributed by atoms with Gasteiger partial charge in [0.25, 0.3) is 5.56 Å². The summed E-state index contributed by atoms with van der Waals surface area (Å²) in [5.74, 6) is -0.434. The van der Waals surface area contributed by atoms with Crippen LogP contribution in [-0.2, 0) is 16.8 Å². The number of fused-ring (bicyclic) bond motifs is 1. The van der Waals surface area contributed by atoms with Crippen LogP contribution in [0.3, 0.4) is 0 Å². The number of aryl methyl sites for hydroxylation is 1. The number of esters is 1. The lowest BCUT2D eigenvalue weighted by atomic mass is 9.87. The van der Waals surface area contributed by atoms with Gasteiger partial charge in [-0.1, -0.05) is 39.0 Å². The zero-order valence-corrected chi connectivity index (χ0v) is 15.4. The Morgan fingerprint density at radius 1 is 1.12 bits per heavy atom. The molecule has 0 aliphatic carbocycles. The van der Waals surface area contributed by atoms with Gasteiger partial charge in [0.2, 0.25) is 0 Å².